The normalized spacial score (nSPS) is 15.2. The number of fused-ring (bicyclic) bond motifs is 9. The van der Waals surface area contributed by atoms with Crippen LogP contribution < -0.4 is 5.32 Å². The second-order valence-electron chi connectivity index (χ2n) is 11.0. The van der Waals surface area contributed by atoms with Crippen LogP contribution in [0.3, 0.4) is 0 Å². The summed E-state index contributed by atoms with van der Waals surface area (Å²) in [6.45, 7) is 0. The molecule has 1 N–H and O–H groups in total. The van der Waals surface area contributed by atoms with Crippen LogP contribution in [0.2, 0.25) is 0 Å². The molecule has 1 aliphatic rings. The van der Waals surface area contributed by atoms with Gasteiger partial charge in [0.15, 0.2) is 5.84 Å². The second kappa shape index (κ2) is 9.40. The molecular formula is C39H25N3O. The van der Waals surface area contributed by atoms with Crippen LogP contribution in [0.1, 0.15) is 22.9 Å². The van der Waals surface area contributed by atoms with Gasteiger partial charge in [-0.3, -0.25) is 0 Å². The van der Waals surface area contributed by atoms with E-state index in [0.717, 1.165) is 44.5 Å². The molecular weight excluding hydrogens is 526 g/mol. The summed E-state index contributed by atoms with van der Waals surface area (Å²) in [6.07, 6.45) is -0.329. The summed E-state index contributed by atoms with van der Waals surface area (Å²) in [4.78, 5) is 10.3. The average molecular weight is 552 g/mol. The van der Waals surface area contributed by atoms with Crippen LogP contribution in [-0.4, -0.2) is 11.7 Å². The molecule has 4 heteroatoms. The van der Waals surface area contributed by atoms with Gasteiger partial charge < -0.3 is 9.73 Å². The number of rotatable bonds is 3. The Kier molecular flexibility index (Phi) is 5.23. The summed E-state index contributed by atoms with van der Waals surface area (Å²) in [5.41, 5.74) is 4.76. The average Bonchev–Trinajstić information content (AvgIpc) is 3.46. The van der Waals surface area contributed by atoms with Crippen LogP contribution in [0.4, 0.5) is 0 Å². The lowest BCUT2D eigenvalue weighted by atomic mass is 9.93. The summed E-state index contributed by atoms with van der Waals surface area (Å²) < 4.78 is 6.22. The maximum atomic E-state index is 6.22. The van der Waals surface area contributed by atoms with Crippen molar-refractivity contribution >= 4 is 65.9 Å². The van der Waals surface area contributed by atoms with Gasteiger partial charge in [0, 0.05) is 27.5 Å². The molecule has 2 heterocycles. The molecule has 8 aromatic rings. The highest BCUT2D eigenvalue weighted by Crippen LogP contribution is 2.36. The first-order chi connectivity index (χ1) is 21.3. The van der Waals surface area contributed by atoms with Crippen molar-refractivity contribution < 1.29 is 4.42 Å². The number of nitrogens with one attached hydrogen (secondary N) is 1. The highest BCUT2D eigenvalue weighted by molar-refractivity contribution is 6.26. The molecule has 0 aliphatic carbocycles. The summed E-state index contributed by atoms with van der Waals surface area (Å²) in [5.74, 6) is 1.50. The molecule has 0 radical (unpaired) electrons. The SMILES string of the molecule is c1ccc(C2=NC(c3ccc4c5ccccc5c5ccccc5c4c3)=NC(c3ccc4c(c3)oc3ccccc34)N2)cc1. The van der Waals surface area contributed by atoms with Gasteiger partial charge in [0.25, 0.3) is 0 Å². The third-order valence-corrected chi connectivity index (χ3v) is 8.51. The molecule has 0 fully saturated rings. The first-order valence-electron chi connectivity index (χ1n) is 14.5. The van der Waals surface area contributed by atoms with Gasteiger partial charge in [-0.05, 0) is 50.5 Å². The molecule has 1 aromatic heterocycles. The van der Waals surface area contributed by atoms with Crippen molar-refractivity contribution in [1.29, 1.82) is 0 Å². The molecule has 1 unspecified atom stereocenters. The molecule has 202 valence electrons. The van der Waals surface area contributed by atoms with Crippen LogP contribution >= 0.6 is 0 Å². The Bertz CT molecular complexity index is 2400. The fourth-order valence-electron chi connectivity index (χ4n) is 6.45. The third-order valence-electron chi connectivity index (χ3n) is 8.51. The molecule has 0 bridgehead atoms. The van der Waals surface area contributed by atoms with E-state index in [-0.39, 0.29) is 6.17 Å². The molecule has 0 saturated carbocycles. The minimum Gasteiger partial charge on any atom is -0.456 e. The Morgan fingerprint density at radius 2 is 1.05 bits per heavy atom. The van der Waals surface area contributed by atoms with E-state index >= 15 is 0 Å². The summed E-state index contributed by atoms with van der Waals surface area (Å²) in [5, 5.41) is 13.2. The van der Waals surface area contributed by atoms with Crippen LogP contribution in [0.25, 0.3) is 54.3 Å². The molecule has 9 rings (SSSR count). The van der Waals surface area contributed by atoms with E-state index in [1.807, 2.05) is 36.4 Å². The van der Waals surface area contributed by atoms with E-state index in [1.54, 1.807) is 0 Å². The van der Waals surface area contributed by atoms with Crippen LogP contribution in [0.15, 0.2) is 154 Å². The maximum Gasteiger partial charge on any atom is 0.159 e. The highest BCUT2D eigenvalue weighted by Gasteiger charge is 2.22. The van der Waals surface area contributed by atoms with Crippen molar-refractivity contribution in [3.05, 3.63) is 156 Å². The van der Waals surface area contributed by atoms with E-state index in [4.69, 9.17) is 14.4 Å². The van der Waals surface area contributed by atoms with E-state index in [1.165, 1.54) is 32.3 Å². The van der Waals surface area contributed by atoms with Gasteiger partial charge in [-0.2, -0.15) is 0 Å². The molecule has 0 amide bonds. The Labute approximate surface area is 247 Å². The monoisotopic (exact) mass is 551 g/mol. The molecule has 1 atom stereocenters. The lowest BCUT2D eigenvalue weighted by Gasteiger charge is -2.24. The molecule has 43 heavy (non-hydrogen) atoms. The lowest BCUT2D eigenvalue weighted by molar-refractivity contribution is 0.655. The predicted molar refractivity (Wildman–Crippen MR) is 178 cm³/mol. The second-order valence-corrected chi connectivity index (χ2v) is 11.0. The van der Waals surface area contributed by atoms with Gasteiger partial charge in [-0.1, -0.05) is 121 Å². The van der Waals surface area contributed by atoms with Crippen LogP contribution in [-0.2, 0) is 0 Å². The number of aliphatic imine (C=N–C) groups is 2. The van der Waals surface area contributed by atoms with Crippen molar-refractivity contribution in [3.63, 3.8) is 0 Å². The van der Waals surface area contributed by atoms with E-state index < -0.39 is 0 Å². The number of amidine groups is 2. The van der Waals surface area contributed by atoms with Crippen LogP contribution in [0, 0.1) is 0 Å². The zero-order chi connectivity index (χ0) is 28.3. The molecule has 4 nitrogen and oxygen atoms in total. The van der Waals surface area contributed by atoms with Crippen LogP contribution in [0.5, 0.6) is 0 Å². The van der Waals surface area contributed by atoms with Crippen molar-refractivity contribution in [1.82, 2.24) is 5.32 Å². The van der Waals surface area contributed by atoms with Crippen molar-refractivity contribution in [2.75, 3.05) is 0 Å². The number of hydrogen-bond donors (Lipinski definition) is 1. The predicted octanol–water partition coefficient (Wildman–Crippen LogP) is 9.54. The van der Waals surface area contributed by atoms with Crippen molar-refractivity contribution in [2.45, 2.75) is 6.17 Å². The Morgan fingerprint density at radius 1 is 0.465 bits per heavy atom. The first-order valence-corrected chi connectivity index (χ1v) is 14.5. The fraction of sp³-hybridized carbons (Fsp3) is 0.0256. The number of furan rings is 1. The lowest BCUT2D eigenvalue weighted by Crippen LogP contribution is -2.33. The van der Waals surface area contributed by atoms with E-state index in [0.29, 0.717) is 5.84 Å². The number of para-hydroxylation sites is 1. The standard InChI is InChI=1S/C39H25N3O/c1-2-10-24(11-3-1)37-40-38(42-39(41-37)26-19-21-33-32-16-8-9-17-35(32)43-36(33)23-26)25-18-20-31-29-14-5-4-12-27(29)28-13-6-7-15-30(28)34(31)22-25/h1-23,39H,(H,40,41,42). The maximum absolute atomic E-state index is 6.22. The van der Waals surface area contributed by atoms with E-state index in [9.17, 15) is 0 Å². The Balaban J connectivity index is 1.24. The Hall–Kier alpha value is -5.74. The van der Waals surface area contributed by atoms with Gasteiger partial charge in [0.2, 0.25) is 0 Å². The molecule has 7 aromatic carbocycles. The molecule has 1 aliphatic heterocycles. The summed E-state index contributed by atoms with van der Waals surface area (Å²) in [7, 11) is 0. The minimum atomic E-state index is -0.329. The highest BCUT2D eigenvalue weighted by atomic mass is 16.3. The largest absolute Gasteiger partial charge is 0.456 e. The quantitative estimate of drug-likeness (QED) is 0.222. The molecule has 0 saturated heterocycles. The zero-order valence-corrected chi connectivity index (χ0v) is 23.2. The van der Waals surface area contributed by atoms with Gasteiger partial charge >= 0.3 is 0 Å². The summed E-state index contributed by atoms with van der Waals surface area (Å²) >= 11 is 0. The van der Waals surface area contributed by atoms with Crippen molar-refractivity contribution in [3.8, 4) is 0 Å². The zero-order valence-electron chi connectivity index (χ0n) is 23.2. The van der Waals surface area contributed by atoms with Gasteiger partial charge in [0.1, 0.15) is 23.2 Å². The summed E-state index contributed by atoms with van der Waals surface area (Å²) in [6, 6.07) is 48.7. The van der Waals surface area contributed by atoms with Crippen molar-refractivity contribution in [2.24, 2.45) is 9.98 Å². The third kappa shape index (κ3) is 3.84. The minimum absolute atomic E-state index is 0.329. The van der Waals surface area contributed by atoms with Gasteiger partial charge in [0.05, 0.1) is 0 Å². The fourth-order valence-corrected chi connectivity index (χ4v) is 6.45. The van der Waals surface area contributed by atoms with Gasteiger partial charge in [-0.25, -0.2) is 9.98 Å². The Morgan fingerprint density at radius 3 is 1.79 bits per heavy atom. The first kappa shape index (κ1) is 23.9. The number of nitrogens with zero attached hydrogens (tertiary/aromatic N) is 2. The smallest absolute Gasteiger partial charge is 0.159 e. The number of benzene rings is 7. The van der Waals surface area contributed by atoms with Gasteiger partial charge in [-0.15, -0.1) is 0 Å². The molecule has 0 spiro atoms. The topological polar surface area (TPSA) is 49.9 Å². The number of hydrogen-bond acceptors (Lipinski definition) is 4. The van der Waals surface area contributed by atoms with E-state index in [2.05, 4.69) is 108 Å².